The molecule has 36 heavy (non-hydrogen) atoms. The Morgan fingerprint density at radius 3 is 2.25 bits per heavy atom. The second-order valence-corrected chi connectivity index (χ2v) is 9.85. The van der Waals surface area contributed by atoms with Gasteiger partial charge in [0, 0.05) is 62.3 Å². The summed E-state index contributed by atoms with van der Waals surface area (Å²) in [5, 5.41) is 1.16. The standard InChI is InChI=1S/C29H36N4O3/c1-36-23-11-9-22(10-12-23)29-25(24-7-3-4-8-26(24)30-29)13-14-27(34)33-19-17-31(18-20-33)21-28(35)32-15-5-2-6-16-32/h3-4,7-12,30H,2,5-6,13-21H2,1H3. The minimum absolute atomic E-state index is 0.183. The van der Waals surface area contributed by atoms with E-state index in [0.29, 0.717) is 32.5 Å². The van der Waals surface area contributed by atoms with Crippen LogP contribution in [-0.2, 0) is 16.0 Å². The van der Waals surface area contributed by atoms with Crippen molar-refractivity contribution in [2.75, 3.05) is 52.9 Å². The van der Waals surface area contributed by atoms with Crippen molar-refractivity contribution in [1.82, 2.24) is 19.7 Å². The molecule has 0 aliphatic carbocycles. The Morgan fingerprint density at radius 2 is 1.53 bits per heavy atom. The Kier molecular flexibility index (Phi) is 7.56. The lowest BCUT2D eigenvalue weighted by molar-refractivity contribution is -0.135. The first-order chi connectivity index (χ1) is 17.6. The number of likely N-dealkylation sites (tertiary alicyclic amines) is 1. The molecule has 2 aliphatic rings. The largest absolute Gasteiger partial charge is 0.497 e. The quantitative estimate of drug-likeness (QED) is 0.547. The first-order valence-corrected chi connectivity index (χ1v) is 13.1. The second-order valence-electron chi connectivity index (χ2n) is 9.85. The number of aromatic amines is 1. The number of hydrogen-bond donors (Lipinski definition) is 1. The number of ether oxygens (including phenoxy) is 1. The zero-order valence-corrected chi connectivity index (χ0v) is 21.2. The predicted octanol–water partition coefficient (Wildman–Crippen LogP) is 3.93. The van der Waals surface area contributed by atoms with Crippen LogP contribution in [0.5, 0.6) is 5.75 Å². The van der Waals surface area contributed by atoms with Gasteiger partial charge in [-0.15, -0.1) is 0 Å². The van der Waals surface area contributed by atoms with Crippen molar-refractivity contribution in [2.24, 2.45) is 0 Å². The van der Waals surface area contributed by atoms with E-state index in [4.69, 9.17) is 4.74 Å². The number of benzene rings is 2. The molecule has 0 atom stereocenters. The van der Waals surface area contributed by atoms with Crippen molar-refractivity contribution in [3.63, 3.8) is 0 Å². The van der Waals surface area contributed by atoms with E-state index < -0.39 is 0 Å². The van der Waals surface area contributed by atoms with Crippen LogP contribution in [0.2, 0.25) is 0 Å². The van der Waals surface area contributed by atoms with Gasteiger partial charge in [0.25, 0.3) is 0 Å². The van der Waals surface area contributed by atoms with E-state index in [0.717, 1.165) is 66.9 Å². The molecule has 1 aromatic heterocycles. The van der Waals surface area contributed by atoms with Gasteiger partial charge in [-0.3, -0.25) is 14.5 Å². The minimum Gasteiger partial charge on any atom is -0.497 e. The van der Waals surface area contributed by atoms with E-state index in [-0.39, 0.29) is 11.8 Å². The van der Waals surface area contributed by atoms with Crippen LogP contribution in [-0.4, -0.2) is 84.4 Å². The van der Waals surface area contributed by atoms with Gasteiger partial charge in [-0.2, -0.15) is 0 Å². The molecule has 190 valence electrons. The van der Waals surface area contributed by atoms with Crippen LogP contribution in [0, 0.1) is 0 Å². The molecular formula is C29H36N4O3. The molecule has 0 radical (unpaired) electrons. The van der Waals surface area contributed by atoms with E-state index in [2.05, 4.69) is 34.1 Å². The molecule has 7 heteroatoms. The second kappa shape index (κ2) is 11.2. The highest BCUT2D eigenvalue weighted by molar-refractivity contribution is 5.91. The molecule has 2 amide bonds. The Hall–Kier alpha value is -3.32. The normalized spacial score (nSPS) is 16.9. The maximum atomic E-state index is 13.1. The number of carbonyl (C=O) groups is 2. The molecule has 3 aromatic rings. The molecule has 1 N–H and O–H groups in total. The number of piperazine rings is 1. The fraction of sp³-hybridized carbons (Fsp3) is 0.448. The monoisotopic (exact) mass is 488 g/mol. The highest BCUT2D eigenvalue weighted by Gasteiger charge is 2.25. The fourth-order valence-electron chi connectivity index (χ4n) is 5.44. The summed E-state index contributed by atoms with van der Waals surface area (Å²) in [5.74, 6) is 1.24. The van der Waals surface area contributed by atoms with Crippen LogP contribution in [0.25, 0.3) is 22.2 Å². The number of para-hydroxylation sites is 1. The SMILES string of the molecule is COc1ccc(-c2[nH]c3ccccc3c2CCC(=O)N2CCN(CC(=O)N3CCCCC3)CC2)cc1. The average Bonchev–Trinajstić information content (AvgIpc) is 3.31. The first-order valence-electron chi connectivity index (χ1n) is 13.1. The third-order valence-corrected chi connectivity index (χ3v) is 7.57. The lowest BCUT2D eigenvalue weighted by Gasteiger charge is -2.36. The number of H-pyrrole nitrogens is 1. The molecule has 0 bridgehead atoms. The molecule has 0 unspecified atom stereocenters. The molecule has 2 aliphatic heterocycles. The smallest absolute Gasteiger partial charge is 0.236 e. The molecule has 2 aromatic carbocycles. The Labute approximate surface area is 213 Å². The van der Waals surface area contributed by atoms with Crippen molar-refractivity contribution < 1.29 is 14.3 Å². The zero-order chi connectivity index (χ0) is 24.9. The van der Waals surface area contributed by atoms with Crippen molar-refractivity contribution in [3.8, 4) is 17.0 Å². The van der Waals surface area contributed by atoms with Crippen LogP contribution in [0.3, 0.4) is 0 Å². The van der Waals surface area contributed by atoms with Crippen LogP contribution in [0.1, 0.15) is 31.2 Å². The predicted molar refractivity (Wildman–Crippen MR) is 142 cm³/mol. The lowest BCUT2D eigenvalue weighted by atomic mass is 10.0. The Morgan fingerprint density at radius 1 is 0.833 bits per heavy atom. The number of carbonyl (C=O) groups excluding carboxylic acids is 2. The van der Waals surface area contributed by atoms with E-state index in [1.165, 1.54) is 12.0 Å². The first kappa shape index (κ1) is 24.4. The third-order valence-electron chi connectivity index (χ3n) is 7.57. The van der Waals surface area contributed by atoms with Crippen molar-refractivity contribution in [3.05, 3.63) is 54.1 Å². The summed E-state index contributed by atoms with van der Waals surface area (Å²) in [4.78, 5) is 35.5. The van der Waals surface area contributed by atoms with Gasteiger partial charge in [-0.25, -0.2) is 0 Å². The number of piperidine rings is 1. The minimum atomic E-state index is 0.183. The number of hydrogen-bond acceptors (Lipinski definition) is 4. The average molecular weight is 489 g/mol. The summed E-state index contributed by atoms with van der Waals surface area (Å²) < 4.78 is 5.31. The molecule has 2 saturated heterocycles. The topological polar surface area (TPSA) is 68.9 Å². The fourth-order valence-corrected chi connectivity index (χ4v) is 5.44. The summed E-state index contributed by atoms with van der Waals surface area (Å²) in [6, 6.07) is 16.3. The highest BCUT2D eigenvalue weighted by Crippen LogP contribution is 2.32. The van der Waals surface area contributed by atoms with Gasteiger partial charge < -0.3 is 19.5 Å². The molecule has 2 fully saturated rings. The van der Waals surface area contributed by atoms with E-state index >= 15 is 0 Å². The van der Waals surface area contributed by atoms with Crippen LogP contribution in [0.15, 0.2) is 48.5 Å². The maximum Gasteiger partial charge on any atom is 0.236 e. The number of aromatic nitrogens is 1. The summed E-state index contributed by atoms with van der Waals surface area (Å²) in [6.45, 7) is 5.15. The number of nitrogens with one attached hydrogen (secondary N) is 1. The van der Waals surface area contributed by atoms with Gasteiger partial charge in [0.2, 0.25) is 11.8 Å². The van der Waals surface area contributed by atoms with Crippen LogP contribution >= 0.6 is 0 Å². The summed E-state index contributed by atoms with van der Waals surface area (Å²) in [6.07, 6.45) is 4.61. The summed E-state index contributed by atoms with van der Waals surface area (Å²) in [7, 11) is 1.67. The third kappa shape index (κ3) is 5.41. The van der Waals surface area contributed by atoms with Gasteiger partial charge in [-0.1, -0.05) is 18.2 Å². The number of aryl methyl sites for hydroxylation is 1. The molecule has 0 spiro atoms. The molecule has 7 nitrogen and oxygen atoms in total. The number of methoxy groups -OCH3 is 1. The Bertz CT molecular complexity index is 1190. The Balaban J connectivity index is 1.20. The van der Waals surface area contributed by atoms with Gasteiger partial charge >= 0.3 is 0 Å². The van der Waals surface area contributed by atoms with Gasteiger partial charge in [-0.05, 0) is 67.1 Å². The number of nitrogens with zero attached hydrogens (tertiary/aromatic N) is 3. The van der Waals surface area contributed by atoms with Crippen molar-refractivity contribution >= 4 is 22.7 Å². The zero-order valence-electron chi connectivity index (χ0n) is 21.2. The molecule has 0 saturated carbocycles. The van der Waals surface area contributed by atoms with Crippen molar-refractivity contribution in [2.45, 2.75) is 32.1 Å². The van der Waals surface area contributed by atoms with Gasteiger partial charge in [0.15, 0.2) is 0 Å². The molecule has 5 rings (SSSR count). The number of amides is 2. The lowest BCUT2D eigenvalue weighted by Crippen LogP contribution is -2.52. The summed E-state index contributed by atoms with van der Waals surface area (Å²) in [5.41, 5.74) is 4.40. The highest BCUT2D eigenvalue weighted by atomic mass is 16.5. The van der Waals surface area contributed by atoms with E-state index in [9.17, 15) is 9.59 Å². The maximum absolute atomic E-state index is 13.1. The number of fused-ring (bicyclic) bond motifs is 1. The van der Waals surface area contributed by atoms with Crippen molar-refractivity contribution in [1.29, 1.82) is 0 Å². The molecular weight excluding hydrogens is 452 g/mol. The van der Waals surface area contributed by atoms with Crippen LogP contribution in [0.4, 0.5) is 0 Å². The van der Waals surface area contributed by atoms with Crippen LogP contribution < -0.4 is 4.74 Å². The van der Waals surface area contributed by atoms with Gasteiger partial charge in [0.05, 0.1) is 13.7 Å². The van der Waals surface area contributed by atoms with Gasteiger partial charge in [0.1, 0.15) is 5.75 Å². The summed E-state index contributed by atoms with van der Waals surface area (Å²) >= 11 is 0. The number of rotatable bonds is 7. The molecule has 3 heterocycles. The van der Waals surface area contributed by atoms with E-state index in [1.807, 2.05) is 34.1 Å². The van der Waals surface area contributed by atoms with E-state index in [1.54, 1.807) is 7.11 Å².